The molecule has 0 saturated carbocycles. The van der Waals surface area contributed by atoms with Crippen LogP contribution in [-0.4, -0.2) is 51.2 Å². The monoisotopic (exact) mass is 372 g/mol. The number of fused-ring (bicyclic) bond motifs is 1. The van der Waals surface area contributed by atoms with Crippen LogP contribution in [0.5, 0.6) is 0 Å². The second-order valence-electron chi connectivity index (χ2n) is 6.86. The molecule has 0 spiro atoms. The Kier molecular flexibility index (Phi) is 4.21. The van der Waals surface area contributed by atoms with Gasteiger partial charge in [0, 0.05) is 36.6 Å². The van der Waals surface area contributed by atoms with Gasteiger partial charge in [0.1, 0.15) is 11.3 Å². The second kappa shape index (κ2) is 7.01. The average Bonchev–Trinajstić information content (AvgIpc) is 3.19. The van der Waals surface area contributed by atoms with E-state index in [1.807, 2.05) is 24.3 Å². The number of anilines is 1. The number of H-pyrrole nitrogens is 1. The summed E-state index contributed by atoms with van der Waals surface area (Å²) in [6.45, 7) is 5.03. The number of nitrogens with one attached hydrogen (secondary N) is 1. The van der Waals surface area contributed by atoms with Crippen LogP contribution in [-0.2, 0) is 4.74 Å². The number of rotatable bonds is 3. The zero-order chi connectivity index (χ0) is 18.9. The quantitative estimate of drug-likeness (QED) is 0.595. The van der Waals surface area contributed by atoms with Gasteiger partial charge in [-0.3, -0.25) is 4.98 Å². The molecule has 1 aliphatic heterocycles. The summed E-state index contributed by atoms with van der Waals surface area (Å²) in [6.07, 6.45) is 3.54. The molecule has 0 atom stereocenters. The van der Waals surface area contributed by atoms with E-state index in [4.69, 9.17) is 19.7 Å². The summed E-state index contributed by atoms with van der Waals surface area (Å²) in [5.41, 5.74) is 4.61. The zero-order valence-electron chi connectivity index (χ0n) is 15.6. The predicted molar refractivity (Wildman–Crippen MR) is 108 cm³/mol. The van der Waals surface area contributed by atoms with Gasteiger partial charge in [0.05, 0.1) is 13.2 Å². The van der Waals surface area contributed by atoms with Crippen molar-refractivity contribution >= 4 is 17.0 Å². The molecule has 28 heavy (non-hydrogen) atoms. The van der Waals surface area contributed by atoms with E-state index in [9.17, 15) is 0 Å². The smallest absolute Gasteiger partial charge is 0.184 e. The maximum absolute atomic E-state index is 5.52. The maximum atomic E-state index is 5.52. The molecule has 7 nitrogen and oxygen atoms in total. The summed E-state index contributed by atoms with van der Waals surface area (Å²) in [6, 6.07) is 12.1. The average molecular weight is 372 g/mol. The summed E-state index contributed by atoms with van der Waals surface area (Å²) in [5, 5.41) is 0. The number of hydrogen-bond acceptors (Lipinski definition) is 6. The van der Waals surface area contributed by atoms with Crippen molar-refractivity contribution in [1.29, 1.82) is 0 Å². The van der Waals surface area contributed by atoms with Crippen molar-refractivity contribution in [2.75, 3.05) is 31.2 Å². The molecule has 140 valence electrons. The molecular weight excluding hydrogens is 352 g/mol. The van der Waals surface area contributed by atoms with Crippen LogP contribution in [0.2, 0.25) is 0 Å². The zero-order valence-corrected chi connectivity index (χ0v) is 15.6. The number of aromatic amines is 1. The first-order chi connectivity index (χ1) is 13.8. The van der Waals surface area contributed by atoms with Crippen LogP contribution in [0, 0.1) is 6.92 Å². The summed E-state index contributed by atoms with van der Waals surface area (Å²) < 4.78 is 5.52. The van der Waals surface area contributed by atoms with Crippen LogP contribution in [0.4, 0.5) is 5.82 Å². The third-order valence-electron chi connectivity index (χ3n) is 4.89. The minimum Gasteiger partial charge on any atom is -0.378 e. The van der Waals surface area contributed by atoms with Gasteiger partial charge >= 0.3 is 0 Å². The topological polar surface area (TPSA) is 79.8 Å². The van der Waals surface area contributed by atoms with Crippen LogP contribution in [0.25, 0.3) is 33.9 Å². The fourth-order valence-corrected chi connectivity index (χ4v) is 3.36. The Morgan fingerprint density at radius 2 is 1.79 bits per heavy atom. The Bertz CT molecular complexity index is 1100. The van der Waals surface area contributed by atoms with Gasteiger partial charge in [0.2, 0.25) is 0 Å². The molecule has 0 amide bonds. The molecule has 1 aromatic carbocycles. The lowest BCUT2D eigenvalue weighted by molar-refractivity contribution is 0.122. The molecule has 1 aliphatic rings. The molecule has 1 N–H and O–H groups in total. The number of aryl methyl sites for hydroxylation is 1. The highest BCUT2D eigenvalue weighted by Gasteiger charge is 2.21. The summed E-state index contributed by atoms with van der Waals surface area (Å²) in [7, 11) is 0. The molecule has 4 heterocycles. The van der Waals surface area contributed by atoms with Gasteiger partial charge in [0.15, 0.2) is 17.3 Å². The van der Waals surface area contributed by atoms with E-state index in [0.717, 1.165) is 41.4 Å². The number of benzene rings is 1. The molecule has 1 saturated heterocycles. The number of ether oxygens (including phenoxy) is 1. The van der Waals surface area contributed by atoms with Gasteiger partial charge in [-0.1, -0.05) is 29.8 Å². The molecule has 0 aliphatic carbocycles. The van der Waals surface area contributed by atoms with E-state index in [1.54, 1.807) is 12.4 Å². The number of pyridine rings is 1. The molecule has 0 unspecified atom stereocenters. The Morgan fingerprint density at radius 1 is 0.964 bits per heavy atom. The van der Waals surface area contributed by atoms with E-state index in [1.165, 1.54) is 5.56 Å². The molecule has 3 aromatic heterocycles. The fraction of sp³-hybridized carbons (Fsp3) is 0.238. The number of imidazole rings is 1. The Morgan fingerprint density at radius 3 is 2.54 bits per heavy atom. The Hall–Kier alpha value is -3.32. The van der Waals surface area contributed by atoms with Crippen LogP contribution in [0.3, 0.4) is 0 Å². The first-order valence-corrected chi connectivity index (χ1v) is 9.36. The first kappa shape index (κ1) is 16.8. The summed E-state index contributed by atoms with van der Waals surface area (Å²) in [4.78, 5) is 24.2. The van der Waals surface area contributed by atoms with Crippen molar-refractivity contribution in [3.63, 3.8) is 0 Å². The highest BCUT2D eigenvalue weighted by molar-refractivity contribution is 5.88. The lowest BCUT2D eigenvalue weighted by Crippen LogP contribution is -2.37. The van der Waals surface area contributed by atoms with Crippen molar-refractivity contribution in [3.05, 3.63) is 54.4 Å². The highest BCUT2D eigenvalue weighted by atomic mass is 16.5. The van der Waals surface area contributed by atoms with Gasteiger partial charge in [-0.2, -0.15) is 0 Å². The lowest BCUT2D eigenvalue weighted by atomic mass is 10.1. The van der Waals surface area contributed by atoms with Crippen molar-refractivity contribution in [1.82, 2.24) is 24.9 Å². The number of morpholine rings is 1. The van der Waals surface area contributed by atoms with Crippen molar-refractivity contribution in [3.8, 4) is 22.8 Å². The Labute approximate surface area is 162 Å². The molecule has 5 rings (SSSR count). The molecule has 0 bridgehead atoms. The molecular formula is C21H20N6O. The normalized spacial score (nSPS) is 14.5. The standard InChI is InChI=1S/C21H20N6O/c1-14-4-6-15(7-5-14)18-24-20-17(21(26-18)27-9-11-28-12-10-27)23-19(25-20)16-3-2-8-22-13-16/h2-8,13H,9-12H2,1H3,(H,23,24,25,26). The number of hydrogen-bond donors (Lipinski definition) is 1. The van der Waals surface area contributed by atoms with Gasteiger partial charge in [0.25, 0.3) is 0 Å². The molecule has 1 fully saturated rings. The van der Waals surface area contributed by atoms with Crippen LogP contribution < -0.4 is 4.90 Å². The highest BCUT2D eigenvalue weighted by Crippen LogP contribution is 2.29. The Balaban J connectivity index is 1.68. The maximum Gasteiger partial charge on any atom is 0.184 e. The van der Waals surface area contributed by atoms with E-state index < -0.39 is 0 Å². The van der Waals surface area contributed by atoms with E-state index in [2.05, 4.69) is 33.9 Å². The van der Waals surface area contributed by atoms with E-state index in [0.29, 0.717) is 24.7 Å². The number of aromatic nitrogens is 5. The molecule has 7 heteroatoms. The second-order valence-corrected chi connectivity index (χ2v) is 6.86. The lowest BCUT2D eigenvalue weighted by Gasteiger charge is -2.28. The van der Waals surface area contributed by atoms with Crippen LogP contribution in [0.15, 0.2) is 48.8 Å². The van der Waals surface area contributed by atoms with Crippen molar-refractivity contribution in [2.24, 2.45) is 0 Å². The summed E-state index contributed by atoms with van der Waals surface area (Å²) in [5.74, 6) is 2.29. The predicted octanol–water partition coefficient (Wildman–Crippen LogP) is 3.23. The van der Waals surface area contributed by atoms with Gasteiger partial charge < -0.3 is 14.6 Å². The van der Waals surface area contributed by atoms with Gasteiger partial charge in [-0.15, -0.1) is 0 Å². The van der Waals surface area contributed by atoms with Gasteiger partial charge in [-0.25, -0.2) is 15.0 Å². The fourth-order valence-electron chi connectivity index (χ4n) is 3.36. The third kappa shape index (κ3) is 3.10. The van der Waals surface area contributed by atoms with E-state index in [-0.39, 0.29) is 0 Å². The van der Waals surface area contributed by atoms with E-state index >= 15 is 0 Å². The summed E-state index contributed by atoms with van der Waals surface area (Å²) >= 11 is 0. The molecule has 0 radical (unpaired) electrons. The number of nitrogens with zero attached hydrogens (tertiary/aromatic N) is 5. The largest absolute Gasteiger partial charge is 0.378 e. The van der Waals surface area contributed by atoms with Crippen molar-refractivity contribution in [2.45, 2.75) is 6.92 Å². The van der Waals surface area contributed by atoms with Crippen LogP contribution >= 0.6 is 0 Å². The third-order valence-corrected chi connectivity index (χ3v) is 4.89. The minimum absolute atomic E-state index is 0.658. The van der Waals surface area contributed by atoms with Crippen molar-refractivity contribution < 1.29 is 4.74 Å². The first-order valence-electron chi connectivity index (χ1n) is 9.36. The van der Waals surface area contributed by atoms with Gasteiger partial charge in [-0.05, 0) is 19.1 Å². The SMILES string of the molecule is Cc1ccc(-c2nc(N3CCOCC3)c3[nH]c(-c4cccnc4)nc3n2)cc1. The minimum atomic E-state index is 0.658. The van der Waals surface area contributed by atoms with Crippen LogP contribution in [0.1, 0.15) is 5.56 Å². The molecule has 4 aromatic rings.